The van der Waals surface area contributed by atoms with Gasteiger partial charge in [0.2, 0.25) is 5.91 Å². The summed E-state index contributed by atoms with van der Waals surface area (Å²) >= 11 is 1.16. The van der Waals surface area contributed by atoms with Gasteiger partial charge in [0.05, 0.1) is 23.0 Å². The van der Waals surface area contributed by atoms with Crippen LogP contribution in [0.15, 0.2) is 40.1 Å². The highest BCUT2D eigenvalue weighted by molar-refractivity contribution is 8.00. The van der Waals surface area contributed by atoms with Gasteiger partial charge in [0.15, 0.2) is 15.6 Å². The highest BCUT2D eigenvalue weighted by Gasteiger charge is 2.34. The zero-order valence-electron chi connectivity index (χ0n) is 14.4. The average Bonchev–Trinajstić information content (AvgIpc) is 3.20. The standard InChI is InChI=1S/C17H19FN2O4S2/c1-11(16(21)20(2)14-7-8-26(22,23)10-14)25-17-19-9-15(24-17)12-3-5-13(18)6-4-12/h3-6,9,11,14H,7-8,10H2,1-2H3/t11-,14+/m0/s1. The molecule has 0 unspecified atom stereocenters. The van der Waals surface area contributed by atoms with E-state index in [4.69, 9.17) is 4.42 Å². The summed E-state index contributed by atoms with van der Waals surface area (Å²) in [5, 5.41) is -0.138. The van der Waals surface area contributed by atoms with Crippen LogP contribution in [-0.4, -0.2) is 54.1 Å². The molecule has 1 saturated heterocycles. The number of nitrogens with zero attached hydrogens (tertiary/aromatic N) is 2. The fourth-order valence-corrected chi connectivity index (χ4v) is 5.40. The minimum atomic E-state index is -3.05. The van der Waals surface area contributed by atoms with E-state index < -0.39 is 15.1 Å². The van der Waals surface area contributed by atoms with Gasteiger partial charge in [0.1, 0.15) is 5.82 Å². The number of halogens is 1. The van der Waals surface area contributed by atoms with Gasteiger partial charge in [-0.25, -0.2) is 17.8 Å². The molecule has 6 nitrogen and oxygen atoms in total. The molecule has 2 heterocycles. The van der Waals surface area contributed by atoms with Gasteiger partial charge >= 0.3 is 0 Å². The monoisotopic (exact) mass is 398 g/mol. The predicted octanol–water partition coefficient (Wildman–Crippen LogP) is 2.61. The molecule has 1 aliphatic heterocycles. The molecule has 9 heteroatoms. The predicted molar refractivity (Wildman–Crippen MR) is 97.0 cm³/mol. The number of benzene rings is 1. The van der Waals surface area contributed by atoms with E-state index in [1.165, 1.54) is 23.2 Å². The van der Waals surface area contributed by atoms with Gasteiger partial charge in [-0.05, 0) is 37.6 Å². The van der Waals surface area contributed by atoms with Crippen LogP contribution >= 0.6 is 11.8 Å². The summed E-state index contributed by atoms with van der Waals surface area (Å²) in [4.78, 5) is 18.2. The molecule has 1 aromatic heterocycles. The Morgan fingerprint density at radius 3 is 2.69 bits per heavy atom. The Bertz CT molecular complexity index is 896. The fraction of sp³-hybridized carbons (Fsp3) is 0.412. The summed E-state index contributed by atoms with van der Waals surface area (Å²) in [5.74, 6) is 0.123. The summed E-state index contributed by atoms with van der Waals surface area (Å²) in [7, 11) is -1.42. The largest absolute Gasteiger partial charge is 0.431 e. The van der Waals surface area contributed by atoms with Gasteiger partial charge < -0.3 is 9.32 Å². The number of carbonyl (C=O) groups excluding carboxylic acids is 1. The lowest BCUT2D eigenvalue weighted by Crippen LogP contribution is -2.41. The Morgan fingerprint density at radius 2 is 2.08 bits per heavy atom. The molecule has 1 aliphatic rings. The molecule has 0 N–H and O–H groups in total. The Labute approximate surface area is 155 Å². The van der Waals surface area contributed by atoms with Crippen molar-refractivity contribution in [2.45, 2.75) is 29.9 Å². The molecule has 140 valence electrons. The van der Waals surface area contributed by atoms with E-state index in [1.54, 1.807) is 26.1 Å². The molecule has 0 aliphatic carbocycles. The molecule has 2 atom stereocenters. The first-order valence-corrected chi connectivity index (χ1v) is 10.8. The van der Waals surface area contributed by atoms with E-state index in [9.17, 15) is 17.6 Å². The number of amides is 1. The normalized spacial score (nSPS) is 20.0. The third-order valence-electron chi connectivity index (χ3n) is 4.34. The molecule has 0 bridgehead atoms. The number of carbonyl (C=O) groups is 1. The van der Waals surface area contributed by atoms with Crippen LogP contribution in [0, 0.1) is 5.82 Å². The Balaban J connectivity index is 1.63. The molecular formula is C17H19FN2O4S2. The van der Waals surface area contributed by atoms with Crippen LogP contribution in [0.25, 0.3) is 11.3 Å². The first kappa shape index (κ1) is 18.9. The smallest absolute Gasteiger partial charge is 0.256 e. The van der Waals surface area contributed by atoms with Crippen molar-refractivity contribution in [2.75, 3.05) is 18.6 Å². The number of oxazole rings is 1. The van der Waals surface area contributed by atoms with Gasteiger partial charge in [-0.15, -0.1) is 0 Å². The second kappa shape index (κ2) is 7.40. The maximum atomic E-state index is 13.0. The number of aromatic nitrogens is 1. The third kappa shape index (κ3) is 4.27. The van der Waals surface area contributed by atoms with Crippen LogP contribution in [0.2, 0.25) is 0 Å². The fourth-order valence-electron chi connectivity index (χ4n) is 2.81. The molecular weight excluding hydrogens is 379 g/mol. The van der Waals surface area contributed by atoms with E-state index in [-0.39, 0.29) is 29.3 Å². The number of hydrogen-bond acceptors (Lipinski definition) is 6. The lowest BCUT2D eigenvalue weighted by molar-refractivity contribution is -0.130. The Kier molecular flexibility index (Phi) is 5.38. The maximum absolute atomic E-state index is 13.0. The summed E-state index contributed by atoms with van der Waals surface area (Å²) < 4.78 is 41.8. The SMILES string of the molecule is C[C@H](Sc1ncc(-c2ccc(F)cc2)o1)C(=O)N(C)[C@@H]1CCS(=O)(=O)C1. The molecule has 2 aromatic rings. The van der Waals surface area contributed by atoms with Crippen LogP contribution in [0.1, 0.15) is 13.3 Å². The maximum Gasteiger partial charge on any atom is 0.256 e. The zero-order valence-corrected chi connectivity index (χ0v) is 16.0. The van der Waals surface area contributed by atoms with Crippen molar-refractivity contribution in [3.8, 4) is 11.3 Å². The molecule has 0 saturated carbocycles. The number of thioether (sulfide) groups is 1. The summed E-state index contributed by atoms with van der Waals surface area (Å²) in [5.41, 5.74) is 0.693. The van der Waals surface area contributed by atoms with E-state index in [0.29, 0.717) is 23.0 Å². The highest BCUT2D eigenvalue weighted by atomic mass is 32.2. The van der Waals surface area contributed by atoms with Gasteiger partial charge in [0.25, 0.3) is 5.22 Å². The zero-order chi connectivity index (χ0) is 18.9. The third-order valence-corrected chi connectivity index (χ3v) is 7.04. The van der Waals surface area contributed by atoms with Crippen LogP contribution in [0.5, 0.6) is 0 Å². The Hall–Kier alpha value is -1.87. The minimum Gasteiger partial charge on any atom is -0.431 e. The van der Waals surface area contributed by atoms with E-state index in [0.717, 1.165) is 11.8 Å². The quantitative estimate of drug-likeness (QED) is 0.721. The highest BCUT2D eigenvalue weighted by Crippen LogP contribution is 2.29. The molecule has 0 radical (unpaired) electrons. The number of hydrogen-bond donors (Lipinski definition) is 0. The summed E-state index contributed by atoms with van der Waals surface area (Å²) in [6.07, 6.45) is 2.00. The lowest BCUT2D eigenvalue weighted by Gasteiger charge is -2.25. The van der Waals surface area contributed by atoms with Crippen molar-refractivity contribution >= 4 is 27.5 Å². The van der Waals surface area contributed by atoms with Gasteiger partial charge in [-0.3, -0.25) is 4.79 Å². The Morgan fingerprint density at radius 1 is 1.38 bits per heavy atom. The van der Waals surface area contributed by atoms with E-state index in [1.807, 2.05) is 0 Å². The van der Waals surface area contributed by atoms with E-state index >= 15 is 0 Å². The van der Waals surface area contributed by atoms with Crippen molar-refractivity contribution in [3.63, 3.8) is 0 Å². The first-order chi connectivity index (χ1) is 12.2. The molecule has 26 heavy (non-hydrogen) atoms. The van der Waals surface area contributed by atoms with Gasteiger partial charge in [-0.1, -0.05) is 11.8 Å². The topological polar surface area (TPSA) is 80.5 Å². The van der Waals surface area contributed by atoms with Crippen molar-refractivity contribution in [1.29, 1.82) is 0 Å². The number of sulfone groups is 1. The van der Waals surface area contributed by atoms with Crippen LogP contribution in [0.3, 0.4) is 0 Å². The second-order valence-electron chi connectivity index (χ2n) is 6.26. The van der Waals surface area contributed by atoms with Gasteiger partial charge in [-0.2, -0.15) is 0 Å². The number of rotatable bonds is 5. The van der Waals surface area contributed by atoms with Crippen molar-refractivity contribution in [3.05, 3.63) is 36.3 Å². The molecule has 0 spiro atoms. The average molecular weight is 398 g/mol. The molecule has 1 amide bonds. The van der Waals surface area contributed by atoms with Crippen LogP contribution < -0.4 is 0 Å². The van der Waals surface area contributed by atoms with Crippen LogP contribution in [-0.2, 0) is 14.6 Å². The van der Waals surface area contributed by atoms with E-state index in [2.05, 4.69) is 4.98 Å². The molecule has 1 aromatic carbocycles. The first-order valence-electron chi connectivity index (χ1n) is 8.11. The second-order valence-corrected chi connectivity index (χ2v) is 9.78. The van der Waals surface area contributed by atoms with Crippen molar-refractivity contribution < 1.29 is 22.0 Å². The summed E-state index contributed by atoms with van der Waals surface area (Å²) in [6, 6.07) is 5.57. The van der Waals surface area contributed by atoms with Crippen LogP contribution in [0.4, 0.5) is 4.39 Å². The van der Waals surface area contributed by atoms with Gasteiger partial charge in [0, 0.05) is 18.7 Å². The summed E-state index contributed by atoms with van der Waals surface area (Å²) in [6.45, 7) is 1.73. The lowest BCUT2D eigenvalue weighted by atomic mass is 10.2. The minimum absolute atomic E-state index is 0.0142. The molecule has 3 rings (SSSR count). The van der Waals surface area contributed by atoms with Crippen molar-refractivity contribution in [1.82, 2.24) is 9.88 Å². The molecule has 1 fully saturated rings. The van der Waals surface area contributed by atoms with Crippen molar-refractivity contribution in [2.24, 2.45) is 0 Å².